The lowest BCUT2D eigenvalue weighted by molar-refractivity contribution is 0.0572. The summed E-state index contributed by atoms with van der Waals surface area (Å²) in [5, 5.41) is 18.7. The van der Waals surface area contributed by atoms with E-state index in [1.165, 1.54) is 16.2 Å². The van der Waals surface area contributed by atoms with E-state index in [0.717, 1.165) is 9.35 Å². The Bertz CT molecular complexity index is 391. The summed E-state index contributed by atoms with van der Waals surface area (Å²) >= 11 is 4.74. The fourth-order valence-corrected chi connectivity index (χ4v) is 3.16. The minimum atomic E-state index is -0.826. The van der Waals surface area contributed by atoms with Gasteiger partial charge in [-0.1, -0.05) is 0 Å². The number of aliphatic hydroxyl groups excluding tert-OH is 2. The fourth-order valence-electron chi connectivity index (χ4n) is 1.66. The van der Waals surface area contributed by atoms with Gasteiger partial charge in [-0.3, -0.25) is 4.79 Å². The van der Waals surface area contributed by atoms with Crippen molar-refractivity contribution in [3.05, 3.63) is 20.3 Å². The van der Waals surface area contributed by atoms with E-state index in [9.17, 15) is 15.0 Å². The van der Waals surface area contributed by atoms with Crippen LogP contribution in [0.1, 0.15) is 15.2 Å². The van der Waals surface area contributed by atoms with Crippen molar-refractivity contribution in [3.63, 3.8) is 0 Å². The minimum Gasteiger partial charge on any atom is -0.388 e. The summed E-state index contributed by atoms with van der Waals surface area (Å²) in [4.78, 5) is 14.1. The highest BCUT2D eigenvalue weighted by atomic mass is 79.9. The molecular weight excluding hydrogens is 294 g/mol. The molecule has 2 unspecified atom stereocenters. The Labute approximate surface area is 106 Å². The van der Waals surface area contributed by atoms with Crippen LogP contribution >= 0.6 is 27.3 Å². The predicted octanol–water partition coefficient (Wildman–Crippen LogP) is 0.997. The maximum absolute atomic E-state index is 12.0. The number of β-amino-alcohol motifs (C(OH)–C–C–N with tert-alkyl or cyclic N) is 2. The molecular formula is C10H12BrNO3S. The van der Waals surface area contributed by atoms with Gasteiger partial charge in [0.15, 0.2) is 0 Å². The van der Waals surface area contributed by atoms with Crippen LogP contribution in [0.5, 0.6) is 0 Å². The molecule has 6 heteroatoms. The molecule has 0 radical (unpaired) electrons. The Morgan fingerprint density at radius 1 is 1.50 bits per heavy atom. The van der Waals surface area contributed by atoms with Gasteiger partial charge in [0.2, 0.25) is 0 Å². The van der Waals surface area contributed by atoms with Crippen LogP contribution in [0.2, 0.25) is 0 Å². The summed E-state index contributed by atoms with van der Waals surface area (Å²) in [6, 6.07) is 1.81. The highest BCUT2D eigenvalue weighted by Gasteiger charge is 2.33. The molecule has 1 saturated heterocycles. The average molecular weight is 306 g/mol. The molecule has 16 heavy (non-hydrogen) atoms. The van der Waals surface area contributed by atoms with Crippen molar-refractivity contribution in [2.75, 3.05) is 13.1 Å². The Morgan fingerprint density at radius 3 is 2.50 bits per heavy atom. The van der Waals surface area contributed by atoms with Crippen molar-refractivity contribution in [3.8, 4) is 0 Å². The van der Waals surface area contributed by atoms with Crippen LogP contribution < -0.4 is 0 Å². The number of hydrogen-bond acceptors (Lipinski definition) is 4. The van der Waals surface area contributed by atoms with Gasteiger partial charge >= 0.3 is 0 Å². The van der Waals surface area contributed by atoms with Crippen LogP contribution in [0.3, 0.4) is 0 Å². The smallest absolute Gasteiger partial charge is 0.264 e. The van der Waals surface area contributed by atoms with E-state index in [-0.39, 0.29) is 19.0 Å². The molecule has 0 bridgehead atoms. The zero-order valence-electron chi connectivity index (χ0n) is 8.68. The molecule has 1 fully saturated rings. The highest BCUT2D eigenvalue weighted by Crippen LogP contribution is 2.29. The van der Waals surface area contributed by atoms with E-state index >= 15 is 0 Å². The van der Waals surface area contributed by atoms with Crippen LogP contribution in [-0.2, 0) is 0 Å². The van der Waals surface area contributed by atoms with Crippen molar-refractivity contribution in [2.45, 2.75) is 19.1 Å². The molecule has 1 aromatic rings. The van der Waals surface area contributed by atoms with E-state index < -0.39 is 12.2 Å². The first-order valence-electron chi connectivity index (χ1n) is 4.90. The Hall–Kier alpha value is -0.430. The van der Waals surface area contributed by atoms with E-state index in [0.29, 0.717) is 4.88 Å². The quantitative estimate of drug-likeness (QED) is 0.813. The Kier molecular flexibility index (Phi) is 3.34. The molecule has 88 valence electrons. The largest absolute Gasteiger partial charge is 0.388 e. The van der Waals surface area contributed by atoms with Crippen LogP contribution in [0.15, 0.2) is 9.85 Å². The highest BCUT2D eigenvalue weighted by molar-refractivity contribution is 9.11. The first kappa shape index (κ1) is 12.0. The first-order valence-corrected chi connectivity index (χ1v) is 6.51. The number of thiophene rings is 1. The standard InChI is InChI=1S/C10H12BrNO3S/c1-5-2-8(16-9(5)11)10(15)12-3-6(13)7(14)4-12/h2,6-7,13-14H,3-4H2,1H3. The SMILES string of the molecule is Cc1cc(C(=O)N2CC(O)C(O)C2)sc1Br. The molecule has 4 nitrogen and oxygen atoms in total. The zero-order valence-corrected chi connectivity index (χ0v) is 11.1. The molecule has 0 aromatic carbocycles. The number of carbonyl (C=O) groups is 1. The topological polar surface area (TPSA) is 60.8 Å². The number of carbonyl (C=O) groups excluding carboxylic acids is 1. The van der Waals surface area contributed by atoms with Crippen LogP contribution in [0.4, 0.5) is 0 Å². The summed E-state index contributed by atoms with van der Waals surface area (Å²) in [6.07, 6.45) is -1.65. The predicted molar refractivity (Wildman–Crippen MR) is 64.7 cm³/mol. The number of aliphatic hydroxyl groups is 2. The average Bonchev–Trinajstić information content (AvgIpc) is 2.72. The maximum atomic E-state index is 12.0. The van der Waals surface area contributed by atoms with Crippen LogP contribution in [0, 0.1) is 6.92 Å². The van der Waals surface area contributed by atoms with Crippen molar-refractivity contribution in [2.24, 2.45) is 0 Å². The third-order valence-electron chi connectivity index (χ3n) is 2.61. The van der Waals surface area contributed by atoms with Gasteiger partial charge < -0.3 is 15.1 Å². The molecule has 1 aliphatic rings. The van der Waals surface area contributed by atoms with E-state index in [4.69, 9.17) is 0 Å². The van der Waals surface area contributed by atoms with E-state index in [1.54, 1.807) is 0 Å². The first-order chi connectivity index (χ1) is 7.49. The van der Waals surface area contributed by atoms with E-state index in [2.05, 4.69) is 15.9 Å². The van der Waals surface area contributed by atoms with Crippen molar-refractivity contribution >= 4 is 33.2 Å². The van der Waals surface area contributed by atoms with Crippen molar-refractivity contribution in [1.29, 1.82) is 0 Å². The lowest BCUT2D eigenvalue weighted by Crippen LogP contribution is -2.29. The van der Waals surface area contributed by atoms with Gasteiger partial charge in [0.1, 0.15) is 0 Å². The molecule has 1 aromatic heterocycles. The molecule has 0 aliphatic carbocycles. The zero-order chi connectivity index (χ0) is 11.9. The normalized spacial score (nSPS) is 25.1. The van der Waals surface area contributed by atoms with E-state index in [1.807, 2.05) is 13.0 Å². The van der Waals surface area contributed by atoms with Gasteiger partial charge in [0.05, 0.1) is 20.9 Å². The number of nitrogens with zero attached hydrogens (tertiary/aromatic N) is 1. The molecule has 0 spiro atoms. The molecule has 2 atom stereocenters. The number of likely N-dealkylation sites (tertiary alicyclic amines) is 1. The van der Waals surface area contributed by atoms with Crippen molar-refractivity contribution < 1.29 is 15.0 Å². The summed E-state index contributed by atoms with van der Waals surface area (Å²) < 4.78 is 0.941. The Morgan fingerprint density at radius 2 is 2.06 bits per heavy atom. The molecule has 2 N–H and O–H groups in total. The van der Waals surface area contributed by atoms with Crippen LogP contribution in [0.25, 0.3) is 0 Å². The second-order valence-electron chi connectivity index (χ2n) is 3.91. The number of aryl methyl sites for hydroxylation is 1. The molecule has 2 rings (SSSR count). The summed E-state index contributed by atoms with van der Waals surface area (Å²) in [5.74, 6) is -0.130. The lowest BCUT2D eigenvalue weighted by atomic mass is 10.3. The third kappa shape index (κ3) is 2.15. The summed E-state index contributed by atoms with van der Waals surface area (Å²) in [7, 11) is 0. The Balaban J connectivity index is 2.14. The van der Waals surface area contributed by atoms with Crippen LogP contribution in [-0.4, -0.2) is 46.3 Å². The summed E-state index contributed by atoms with van der Waals surface area (Å²) in [5.41, 5.74) is 1.02. The molecule has 1 aliphatic heterocycles. The molecule has 1 amide bonds. The summed E-state index contributed by atoms with van der Waals surface area (Å²) in [6.45, 7) is 2.33. The monoisotopic (exact) mass is 305 g/mol. The molecule has 0 saturated carbocycles. The number of halogens is 1. The number of hydrogen-bond donors (Lipinski definition) is 2. The lowest BCUT2D eigenvalue weighted by Gasteiger charge is -2.13. The number of rotatable bonds is 1. The minimum absolute atomic E-state index is 0.130. The second-order valence-corrected chi connectivity index (χ2v) is 6.28. The van der Waals surface area contributed by atoms with Gasteiger partial charge in [-0.2, -0.15) is 0 Å². The molecule has 2 heterocycles. The third-order valence-corrected chi connectivity index (χ3v) is 4.74. The maximum Gasteiger partial charge on any atom is 0.264 e. The number of amides is 1. The van der Waals surface area contributed by atoms with Crippen molar-refractivity contribution in [1.82, 2.24) is 4.90 Å². The van der Waals surface area contributed by atoms with Gasteiger partial charge in [-0.15, -0.1) is 11.3 Å². The van der Waals surface area contributed by atoms with Gasteiger partial charge in [0.25, 0.3) is 5.91 Å². The fraction of sp³-hybridized carbons (Fsp3) is 0.500. The van der Waals surface area contributed by atoms with Gasteiger partial charge in [-0.25, -0.2) is 0 Å². The van der Waals surface area contributed by atoms with Gasteiger partial charge in [0, 0.05) is 13.1 Å². The van der Waals surface area contributed by atoms with Gasteiger partial charge in [-0.05, 0) is 34.5 Å². The second kappa shape index (κ2) is 4.44.